The zero-order valence-corrected chi connectivity index (χ0v) is 13.7. The fraction of sp³-hybridized carbons (Fsp3) is 0.714. The van der Waals surface area contributed by atoms with Gasteiger partial charge in [0.1, 0.15) is 17.9 Å². The quantitative estimate of drug-likeness (QED) is 0.608. The second kappa shape index (κ2) is 6.87. The summed E-state index contributed by atoms with van der Waals surface area (Å²) in [4.78, 5) is 22.5. The highest BCUT2D eigenvalue weighted by atomic mass is 16.6. The minimum atomic E-state index is -0.498. The Labute approximate surface area is 129 Å². The molecule has 0 aliphatic heterocycles. The van der Waals surface area contributed by atoms with Gasteiger partial charge in [-0.05, 0) is 25.7 Å². The molecule has 0 saturated carbocycles. The molecule has 22 heavy (non-hydrogen) atoms. The Hall–Kier alpha value is -1.96. The summed E-state index contributed by atoms with van der Waals surface area (Å²) in [7, 11) is 0. The van der Waals surface area contributed by atoms with E-state index in [1.54, 1.807) is 6.92 Å². The van der Waals surface area contributed by atoms with Gasteiger partial charge in [0.2, 0.25) is 5.91 Å². The molecule has 0 saturated heterocycles. The average Bonchev–Trinajstić information content (AvgIpc) is 2.61. The fourth-order valence-corrected chi connectivity index (χ4v) is 2.42. The van der Waals surface area contributed by atoms with Gasteiger partial charge in [-0.25, -0.2) is 0 Å². The van der Waals surface area contributed by atoms with Crippen molar-refractivity contribution in [3.8, 4) is 0 Å². The number of aryl methyl sites for hydroxylation is 1. The molecule has 0 fully saturated rings. The van der Waals surface area contributed by atoms with Gasteiger partial charge in [0.05, 0.1) is 17.6 Å². The van der Waals surface area contributed by atoms with E-state index in [4.69, 9.17) is 0 Å². The van der Waals surface area contributed by atoms with Crippen molar-refractivity contribution in [1.29, 1.82) is 0 Å². The number of nitrogens with one attached hydrogen (secondary N) is 1. The molecule has 1 amide bonds. The molecule has 0 aliphatic carbocycles. The van der Waals surface area contributed by atoms with Gasteiger partial charge in [0.25, 0.3) is 0 Å². The Kier molecular flexibility index (Phi) is 5.65. The maximum Gasteiger partial charge on any atom is 0.312 e. The number of carbonyl (C=O) groups is 1. The number of nitrogens with zero attached hydrogens (tertiary/aromatic N) is 3. The van der Waals surface area contributed by atoms with E-state index in [9.17, 15) is 20.0 Å². The highest BCUT2D eigenvalue weighted by Gasteiger charge is 2.24. The first-order valence-electron chi connectivity index (χ1n) is 7.13. The van der Waals surface area contributed by atoms with Gasteiger partial charge in [-0.3, -0.25) is 19.6 Å². The van der Waals surface area contributed by atoms with Crippen LogP contribution in [0.4, 0.5) is 5.69 Å². The van der Waals surface area contributed by atoms with Crippen molar-refractivity contribution in [3.63, 3.8) is 0 Å². The second-order valence-electron chi connectivity index (χ2n) is 6.65. The molecule has 8 heteroatoms. The maximum atomic E-state index is 12.1. The first kappa shape index (κ1) is 18.1. The first-order chi connectivity index (χ1) is 10.0. The van der Waals surface area contributed by atoms with Gasteiger partial charge >= 0.3 is 5.69 Å². The van der Waals surface area contributed by atoms with Crippen LogP contribution in [0.15, 0.2) is 0 Å². The molecular weight excluding hydrogens is 288 g/mol. The molecule has 0 spiro atoms. The fourth-order valence-electron chi connectivity index (χ4n) is 2.42. The molecule has 1 heterocycles. The van der Waals surface area contributed by atoms with Gasteiger partial charge < -0.3 is 10.4 Å². The van der Waals surface area contributed by atoms with Crippen LogP contribution in [-0.4, -0.2) is 38.4 Å². The molecule has 1 unspecified atom stereocenters. The van der Waals surface area contributed by atoms with Crippen LogP contribution in [0.3, 0.4) is 0 Å². The smallest absolute Gasteiger partial charge is 0.312 e. The van der Waals surface area contributed by atoms with Gasteiger partial charge in [-0.2, -0.15) is 5.10 Å². The number of aliphatic hydroxyl groups is 1. The largest absolute Gasteiger partial charge is 0.394 e. The van der Waals surface area contributed by atoms with Crippen LogP contribution in [0.2, 0.25) is 0 Å². The molecule has 0 radical (unpaired) electrons. The highest BCUT2D eigenvalue weighted by molar-refractivity contribution is 5.76. The number of rotatable bonds is 6. The molecule has 0 bridgehead atoms. The van der Waals surface area contributed by atoms with E-state index in [-0.39, 0.29) is 41.9 Å². The third kappa shape index (κ3) is 4.80. The highest BCUT2D eigenvalue weighted by Crippen LogP contribution is 2.22. The van der Waals surface area contributed by atoms with E-state index in [1.807, 2.05) is 20.8 Å². The van der Waals surface area contributed by atoms with Crippen molar-refractivity contribution >= 4 is 11.6 Å². The number of nitro groups is 1. The summed E-state index contributed by atoms with van der Waals surface area (Å²) >= 11 is 0. The Morgan fingerprint density at radius 3 is 2.45 bits per heavy atom. The molecule has 8 nitrogen and oxygen atoms in total. The van der Waals surface area contributed by atoms with Gasteiger partial charge in [0, 0.05) is 0 Å². The van der Waals surface area contributed by atoms with Crippen LogP contribution >= 0.6 is 0 Å². The van der Waals surface area contributed by atoms with Crippen LogP contribution in [0.1, 0.15) is 38.6 Å². The standard InChI is InChI=1S/C14H24N4O4/c1-9-13(18(21)22)10(2)17(16-9)7-12(20)15-11(8-19)6-14(3,4)5/h11,19H,6-8H2,1-5H3,(H,15,20). The monoisotopic (exact) mass is 312 g/mol. The molecule has 124 valence electrons. The summed E-state index contributed by atoms with van der Waals surface area (Å²) in [5.41, 5.74) is 0.524. The van der Waals surface area contributed by atoms with E-state index in [2.05, 4.69) is 10.4 Å². The first-order valence-corrected chi connectivity index (χ1v) is 7.13. The lowest BCUT2D eigenvalue weighted by atomic mass is 9.88. The zero-order chi connectivity index (χ0) is 17.1. The number of hydrogen-bond acceptors (Lipinski definition) is 5. The molecule has 2 N–H and O–H groups in total. The van der Waals surface area contributed by atoms with Crippen LogP contribution in [0, 0.1) is 29.4 Å². The predicted octanol–water partition coefficient (Wildman–Crippen LogP) is 1.32. The zero-order valence-electron chi connectivity index (χ0n) is 13.7. The lowest BCUT2D eigenvalue weighted by molar-refractivity contribution is -0.386. The van der Waals surface area contributed by atoms with Crippen molar-refractivity contribution in [2.24, 2.45) is 5.41 Å². The number of carbonyl (C=O) groups excluding carboxylic acids is 1. The Morgan fingerprint density at radius 2 is 2.05 bits per heavy atom. The summed E-state index contributed by atoms with van der Waals surface area (Å²) in [5.74, 6) is -0.330. The topological polar surface area (TPSA) is 110 Å². The van der Waals surface area contributed by atoms with Crippen LogP contribution in [0.25, 0.3) is 0 Å². The summed E-state index contributed by atoms with van der Waals surface area (Å²) in [6.45, 7) is 8.89. The van der Waals surface area contributed by atoms with Crippen molar-refractivity contribution in [2.45, 2.75) is 53.6 Å². The molecule has 1 rings (SSSR count). The molecule has 1 aromatic heterocycles. The summed E-state index contributed by atoms with van der Waals surface area (Å²) in [6, 6.07) is -0.348. The Bertz CT molecular complexity index is 560. The van der Waals surface area contributed by atoms with E-state index >= 15 is 0 Å². The minimum absolute atomic E-state index is 0.0301. The molecule has 0 aromatic carbocycles. The summed E-state index contributed by atoms with van der Waals surface area (Å²) in [5, 5.41) is 27.1. The lowest BCUT2D eigenvalue weighted by Crippen LogP contribution is -2.41. The second-order valence-corrected chi connectivity index (χ2v) is 6.65. The molecular formula is C14H24N4O4. The Balaban J connectivity index is 2.77. The third-order valence-electron chi connectivity index (χ3n) is 3.26. The summed E-state index contributed by atoms with van der Waals surface area (Å²) in [6.07, 6.45) is 0.631. The average molecular weight is 312 g/mol. The Morgan fingerprint density at radius 1 is 1.45 bits per heavy atom. The number of aliphatic hydroxyl groups excluding tert-OH is 1. The summed E-state index contributed by atoms with van der Waals surface area (Å²) < 4.78 is 1.31. The minimum Gasteiger partial charge on any atom is -0.394 e. The third-order valence-corrected chi connectivity index (χ3v) is 3.26. The van der Waals surface area contributed by atoms with E-state index in [0.717, 1.165) is 0 Å². The number of aromatic nitrogens is 2. The van der Waals surface area contributed by atoms with E-state index in [1.165, 1.54) is 11.6 Å². The van der Waals surface area contributed by atoms with Crippen LogP contribution < -0.4 is 5.32 Å². The maximum absolute atomic E-state index is 12.1. The molecule has 1 atom stereocenters. The van der Waals surface area contributed by atoms with E-state index < -0.39 is 4.92 Å². The SMILES string of the molecule is Cc1nn(CC(=O)NC(CO)CC(C)(C)C)c(C)c1[N+](=O)[O-]. The molecule has 1 aromatic rings. The normalized spacial score (nSPS) is 13.0. The van der Waals surface area contributed by atoms with Gasteiger partial charge in [-0.15, -0.1) is 0 Å². The van der Waals surface area contributed by atoms with Gasteiger partial charge in [0.15, 0.2) is 0 Å². The van der Waals surface area contributed by atoms with Crippen molar-refractivity contribution in [1.82, 2.24) is 15.1 Å². The van der Waals surface area contributed by atoms with Crippen LogP contribution in [-0.2, 0) is 11.3 Å². The van der Waals surface area contributed by atoms with E-state index in [0.29, 0.717) is 12.1 Å². The number of amides is 1. The molecule has 0 aliphatic rings. The lowest BCUT2D eigenvalue weighted by Gasteiger charge is -2.25. The predicted molar refractivity (Wildman–Crippen MR) is 81.4 cm³/mol. The number of hydrogen-bond donors (Lipinski definition) is 2. The van der Waals surface area contributed by atoms with Gasteiger partial charge in [-0.1, -0.05) is 20.8 Å². The van der Waals surface area contributed by atoms with Crippen molar-refractivity contribution in [3.05, 3.63) is 21.5 Å². The van der Waals surface area contributed by atoms with Crippen LogP contribution in [0.5, 0.6) is 0 Å². The van der Waals surface area contributed by atoms with Crippen molar-refractivity contribution in [2.75, 3.05) is 6.61 Å². The van der Waals surface area contributed by atoms with Crippen molar-refractivity contribution < 1.29 is 14.8 Å².